The number of hydrogen-bond donors (Lipinski definition) is 1. The summed E-state index contributed by atoms with van der Waals surface area (Å²) in [6.45, 7) is 0.372. The third-order valence-electron chi connectivity index (χ3n) is 2.61. The van der Waals surface area contributed by atoms with Crippen LogP contribution < -0.4 is 10.5 Å². The van der Waals surface area contributed by atoms with E-state index in [0.717, 1.165) is 25.8 Å². The van der Waals surface area contributed by atoms with Crippen molar-refractivity contribution >= 4 is 60.7 Å². The molecule has 0 aromatic heterocycles. The Labute approximate surface area is 144 Å². The molecule has 2 nitrogen and oxygen atoms in total. The van der Waals surface area contributed by atoms with Gasteiger partial charge in [0, 0.05) is 20.6 Å². The maximum absolute atomic E-state index is 6.19. The number of rotatable bonds is 4. The maximum Gasteiger partial charge on any atom is 0.134 e. The zero-order valence-corrected chi connectivity index (χ0v) is 14.9. The topological polar surface area (TPSA) is 35.2 Å². The molecule has 2 aromatic rings. The van der Waals surface area contributed by atoms with Crippen molar-refractivity contribution in [2.45, 2.75) is 6.61 Å². The molecule has 0 spiro atoms. The second-order valence-corrected chi connectivity index (χ2v) is 6.65. The Kier molecular flexibility index (Phi) is 5.43. The van der Waals surface area contributed by atoms with E-state index in [-0.39, 0.29) is 0 Å². The average Bonchev–Trinajstić information content (AvgIpc) is 2.38. The number of ether oxygens (including phenoxy) is 1. The summed E-state index contributed by atoms with van der Waals surface area (Å²) in [5.74, 6) is 0.752. The second kappa shape index (κ2) is 6.89. The van der Waals surface area contributed by atoms with Crippen LogP contribution in [-0.2, 0) is 6.61 Å². The Morgan fingerprint density at radius 3 is 2.55 bits per heavy atom. The lowest BCUT2D eigenvalue weighted by atomic mass is 10.1. The van der Waals surface area contributed by atoms with Gasteiger partial charge in [0.1, 0.15) is 17.3 Å². The van der Waals surface area contributed by atoms with Gasteiger partial charge in [-0.1, -0.05) is 51.9 Å². The smallest absolute Gasteiger partial charge is 0.134 e. The van der Waals surface area contributed by atoms with Gasteiger partial charge in [0.15, 0.2) is 0 Å². The molecular formula is C14H10Br2ClNOS. The lowest BCUT2D eigenvalue weighted by Gasteiger charge is -2.10. The van der Waals surface area contributed by atoms with Gasteiger partial charge in [-0.15, -0.1) is 0 Å². The first-order valence-electron chi connectivity index (χ1n) is 5.63. The fourth-order valence-electron chi connectivity index (χ4n) is 1.57. The molecule has 0 unspecified atom stereocenters. The molecule has 2 aromatic carbocycles. The van der Waals surface area contributed by atoms with Gasteiger partial charge in [-0.3, -0.25) is 0 Å². The monoisotopic (exact) mass is 433 g/mol. The minimum Gasteiger partial charge on any atom is -0.488 e. The molecule has 0 amide bonds. The Bertz CT molecular complexity index is 664. The molecule has 2 rings (SSSR count). The van der Waals surface area contributed by atoms with E-state index in [0.29, 0.717) is 16.6 Å². The Balaban J connectivity index is 2.13. The van der Waals surface area contributed by atoms with Crippen LogP contribution >= 0.6 is 55.7 Å². The van der Waals surface area contributed by atoms with Crippen molar-refractivity contribution < 1.29 is 4.74 Å². The van der Waals surface area contributed by atoms with Gasteiger partial charge >= 0.3 is 0 Å². The maximum atomic E-state index is 6.19. The summed E-state index contributed by atoms with van der Waals surface area (Å²) in [6.07, 6.45) is 0. The Morgan fingerprint density at radius 1 is 1.20 bits per heavy atom. The molecule has 0 aliphatic heterocycles. The van der Waals surface area contributed by atoms with Crippen LogP contribution in [0.15, 0.2) is 45.3 Å². The SMILES string of the molecule is NC(=S)c1ccc(COc2ccc(Br)cc2Br)c(Cl)c1. The lowest BCUT2D eigenvalue weighted by Crippen LogP contribution is -2.09. The van der Waals surface area contributed by atoms with Crippen molar-refractivity contribution in [3.05, 3.63) is 61.5 Å². The van der Waals surface area contributed by atoms with Gasteiger partial charge in [0.25, 0.3) is 0 Å². The number of halogens is 3. The van der Waals surface area contributed by atoms with Gasteiger partial charge < -0.3 is 10.5 Å². The number of thiocarbonyl (C=S) groups is 1. The van der Waals surface area contributed by atoms with E-state index >= 15 is 0 Å². The highest BCUT2D eigenvalue weighted by Gasteiger charge is 2.06. The Morgan fingerprint density at radius 2 is 1.95 bits per heavy atom. The number of hydrogen-bond acceptors (Lipinski definition) is 2. The third-order valence-corrected chi connectivity index (χ3v) is 4.32. The highest BCUT2D eigenvalue weighted by atomic mass is 79.9. The van der Waals surface area contributed by atoms with Gasteiger partial charge in [0.2, 0.25) is 0 Å². The molecule has 0 aliphatic carbocycles. The number of benzene rings is 2. The van der Waals surface area contributed by atoms with Crippen molar-refractivity contribution in [3.8, 4) is 5.75 Å². The summed E-state index contributed by atoms with van der Waals surface area (Å²) in [5, 5.41) is 0.587. The van der Waals surface area contributed by atoms with Gasteiger partial charge in [-0.25, -0.2) is 0 Å². The summed E-state index contributed by atoms with van der Waals surface area (Å²) in [5.41, 5.74) is 7.19. The predicted octanol–water partition coefficient (Wildman–Crippen LogP) is 5.08. The largest absolute Gasteiger partial charge is 0.488 e. The molecule has 0 aliphatic rings. The van der Waals surface area contributed by atoms with Crippen LogP contribution in [0.2, 0.25) is 5.02 Å². The van der Waals surface area contributed by atoms with E-state index in [1.165, 1.54) is 0 Å². The van der Waals surface area contributed by atoms with E-state index in [4.69, 9.17) is 34.3 Å². The van der Waals surface area contributed by atoms with Crippen LogP contribution in [0.1, 0.15) is 11.1 Å². The normalized spacial score (nSPS) is 10.3. The van der Waals surface area contributed by atoms with Gasteiger partial charge in [-0.2, -0.15) is 0 Å². The van der Waals surface area contributed by atoms with Gasteiger partial charge in [-0.05, 0) is 40.2 Å². The fourth-order valence-corrected chi connectivity index (χ4v) is 3.09. The highest BCUT2D eigenvalue weighted by molar-refractivity contribution is 9.11. The minimum absolute atomic E-state index is 0.329. The van der Waals surface area contributed by atoms with Crippen molar-refractivity contribution in [1.82, 2.24) is 0 Å². The first-order valence-corrected chi connectivity index (χ1v) is 8.00. The summed E-state index contributed by atoms with van der Waals surface area (Å²) in [4.78, 5) is 0.329. The van der Waals surface area contributed by atoms with Crippen molar-refractivity contribution in [2.75, 3.05) is 0 Å². The predicted molar refractivity (Wildman–Crippen MR) is 93.5 cm³/mol. The third kappa shape index (κ3) is 3.95. The average molecular weight is 436 g/mol. The summed E-state index contributed by atoms with van der Waals surface area (Å²) >= 11 is 17.9. The summed E-state index contributed by atoms with van der Waals surface area (Å²) in [7, 11) is 0. The standard InChI is InChI=1S/C14H10Br2ClNOS/c15-10-3-4-13(11(16)6-10)19-7-9-2-1-8(14(18)20)5-12(9)17/h1-6H,7H2,(H2,18,20). The molecule has 104 valence electrons. The molecule has 0 bridgehead atoms. The van der Waals surface area contributed by atoms with Crippen LogP contribution in [0.3, 0.4) is 0 Å². The van der Waals surface area contributed by atoms with Crippen LogP contribution in [-0.4, -0.2) is 4.99 Å². The molecule has 0 heterocycles. The lowest BCUT2D eigenvalue weighted by molar-refractivity contribution is 0.304. The minimum atomic E-state index is 0.329. The van der Waals surface area contributed by atoms with Crippen molar-refractivity contribution in [1.29, 1.82) is 0 Å². The zero-order valence-electron chi connectivity index (χ0n) is 10.2. The van der Waals surface area contributed by atoms with E-state index < -0.39 is 0 Å². The van der Waals surface area contributed by atoms with E-state index in [1.54, 1.807) is 6.07 Å². The van der Waals surface area contributed by atoms with Crippen molar-refractivity contribution in [3.63, 3.8) is 0 Å². The molecule has 20 heavy (non-hydrogen) atoms. The number of nitrogens with two attached hydrogens (primary N) is 1. The summed E-state index contributed by atoms with van der Waals surface area (Å²) < 4.78 is 7.60. The highest BCUT2D eigenvalue weighted by Crippen LogP contribution is 2.29. The quantitative estimate of drug-likeness (QED) is 0.681. The molecule has 0 saturated heterocycles. The fraction of sp³-hybridized carbons (Fsp3) is 0.0714. The van der Waals surface area contributed by atoms with Crippen LogP contribution in [0.25, 0.3) is 0 Å². The molecule has 0 radical (unpaired) electrons. The molecule has 2 N–H and O–H groups in total. The van der Waals surface area contributed by atoms with E-state index in [1.807, 2.05) is 30.3 Å². The van der Waals surface area contributed by atoms with Crippen LogP contribution in [0, 0.1) is 0 Å². The van der Waals surface area contributed by atoms with E-state index in [9.17, 15) is 0 Å². The van der Waals surface area contributed by atoms with Crippen molar-refractivity contribution in [2.24, 2.45) is 5.73 Å². The van der Waals surface area contributed by atoms with Gasteiger partial charge in [0.05, 0.1) is 4.47 Å². The molecule has 0 saturated carbocycles. The van der Waals surface area contributed by atoms with Crippen LogP contribution in [0.4, 0.5) is 0 Å². The molecule has 0 atom stereocenters. The molecule has 0 fully saturated rings. The first kappa shape index (κ1) is 15.8. The summed E-state index contributed by atoms with van der Waals surface area (Å²) in [6, 6.07) is 11.2. The van der Waals surface area contributed by atoms with Crippen LogP contribution in [0.5, 0.6) is 5.75 Å². The van der Waals surface area contributed by atoms with E-state index in [2.05, 4.69) is 31.9 Å². The molecule has 6 heteroatoms. The Hall–Kier alpha value is -0.620. The second-order valence-electron chi connectivity index (χ2n) is 4.03. The molecular weight excluding hydrogens is 425 g/mol. The zero-order chi connectivity index (χ0) is 14.7. The first-order chi connectivity index (χ1) is 9.47.